The molecular weight excluding hydrogens is 605 g/mol. The Bertz CT molecular complexity index is 1800. The molecule has 0 aromatic carbocycles. The van der Waals surface area contributed by atoms with E-state index < -0.39 is 29.8 Å². The SMILES string of the molecule is C#C[C@@H]1[C@@H](C)C[C@@H](C(=O)Nc2nc(Br)ccc2C)N1C(=O)Cn1nc(C(C)=O)c2cc(-c3ccc(C)nc3F)ncc21. The first-order valence-corrected chi connectivity index (χ1v) is 14.0. The van der Waals surface area contributed by atoms with Crippen LogP contribution in [0.15, 0.2) is 41.1 Å². The van der Waals surface area contributed by atoms with Crippen LogP contribution in [0.25, 0.3) is 22.2 Å². The Morgan fingerprint density at radius 3 is 2.64 bits per heavy atom. The molecule has 1 N–H and O–H groups in total. The van der Waals surface area contributed by atoms with Crippen molar-refractivity contribution in [3.05, 3.63) is 64.0 Å². The van der Waals surface area contributed by atoms with E-state index in [9.17, 15) is 18.8 Å². The van der Waals surface area contributed by atoms with Crippen LogP contribution in [0, 0.1) is 38.1 Å². The fourth-order valence-corrected chi connectivity index (χ4v) is 5.54. The minimum atomic E-state index is -0.843. The molecule has 10 nitrogen and oxygen atoms in total. The van der Waals surface area contributed by atoms with Gasteiger partial charge in [0.25, 0.3) is 0 Å². The molecule has 0 radical (unpaired) electrons. The maximum absolute atomic E-state index is 14.6. The molecule has 1 saturated heterocycles. The van der Waals surface area contributed by atoms with Crippen LogP contribution in [-0.2, 0) is 16.1 Å². The highest BCUT2D eigenvalue weighted by molar-refractivity contribution is 9.10. The maximum atomic E-state index is 14.6. The van der Waals surface area contributed by atoms with Gasteiger partial charge in [0.1, 0.15) is 28.7 Å². The van der Waals surface area contributed by atoms with E-state index in [0.29, 0.717) is 33.4 Å². The number of aryl methyl sites for hydroxylation is 2. The standard InChI is InChI=1S/C30H27BrFN7O3/c1-6-22-16(3)11-23(30(42)36-29-15(2)7-10-25(31)35-29)39(22)26(41)14-38-24-13-33-21(12-20(24)27(37-38)18(5)40)19-9-8-17(4)34-28(19)32/h1,7-10,12-13,16,22-23H,11,14H2,2-5H3,(H,35,36,42)/t16-,22+,23-/m0/s1. The van der Waals surface area contributed by atoms with Gasteiger partial charge in [-0.3, -0.25) is 24.0 Å². The third kappa shape index (κ3) is 5.39. The lowest BCUT2D eigenvalue weighted by Gasteiger charge is -2.28. The summed E-state index contributed by atoms with van der Waals surface area (Å²) in [6.07, 6.45) is 7.62. The molecule has 4 aromatic heterocycles. The molecule has 1 aliphatic heterocycles. The topological polar surface area (TPSA) is 123 Å². The van der Waals surface area contributed by atoms with Gasteiger partial charge in [-0.25, -0.2) is 9.97 Å². The second kappa shape index (κ2) is 11.4. The number of aromatic nitrogens is 5. The fourth-order valence-electron chi connectivity index (χ4n) is 5.23. The number of ketones is 1. The number of Topliss-reactive ketones (excluding diaryl/α,β-unsaturated/α-hetero) is 1. The summed E-state index contributed by atoms with van der Waals surface area (Å²) in [5.41, 5.74) is 2.23. The number of anilines is 1. The van der Waals surface area contributed by atoms with Crippen molar-refractivity contribution < 1.29 is 18.8 Å². The van der Waals surface area contributed by atoms with Crippen LogP contribution < -0.4 is 5.32 Å². The zero-order chi connectivity index (χ0) is 30.3. The molecule has 0 saturated carbocycles. The summed E-state index contributed by atoms with van der Waals surface area (Å²) in [6.45, 7) is 6.45. The molecule has 5 heterocycles. The third-order valence-electron chi connectivity index (χ3n) is 7.35. The van der Waals surface area contributed by atoms with Gasteiger partial charge < -0.3 is 10.2 Å². The molecular formula is C30H27BrFN7O3. The first-order valence-electron chi connectivity index (χ1n) is 13.2. The average Bonchev–Trinajstić information content (AvgIpc) is 3.47. The quantitative estimate of drug-likeness (QED) is 0.189. The van der Waals surface area contributed by atoms with Crippen LogP contribution in [0.3, 0.4) is 0 Å². The number of pyridine rings is 3. The second-order valence-corrected chi connectivity index (χ2v) is 11.2. The lowest BCUT2D eigenvalue weighted by atomic mass is 10.0. The van der Waals surface area contributed by atoms with Gasteiger partial charge >= 0.3 is 0 Å². The summed E-state index contributed by atoms with van der Waals surface area (Å²) in [7, 11) is 0. The average molecular weight is 632 g/mol. The summed E-state index contributed by atoms with van der Waals surface area (Å²) < 4.78 is 16.5. The van der Waals surface area contributed by atoms with Crippen molar-refractivity contribution in [3.63, 3.8) is 0 Å². The largest absolute Gasteiger partial charge is 0.315 e. The van der Waals surface area contributed by atoms with Gasteiger partial charge in [-0.15, -0.1) is 6.42 Å². The number of halogens is 2. The number of fused-ring (bicyclic) bond motifs is 1. The Morgan fingerprint density at radius 1 is 1.19 bits per heavy atom. The smallest absolute Gasteiger partial charge is 0.248 e. The normalized spacial score (nSPS) is 18.2. The molecule has 0 spiro atoms. The van der Waals surface area contributed by atoms with Crippen LogP contribution in [0.5, 0.6) is 0 Å². The van der Waals surface area contributed by atoms with Gasteiger partial charge in [-0.1, -0.05) is 18.9 Å². The number of nitrogens with zero attached hydrogens (tertiary/aromatic N) is 6. The van der Waals surface area contributed by atoms with Gasteiger partial charge in [0.2, 0.25) is 17.8 Å². The van der Waals surface area contributed by atoms with Gasteiger partial charge in [0, 0.05) is 18.0 Å². The van der Waals surface area contributed by atoms with E-state index >= 15 is 0 Å². The van der Waals surface area contributed by atoms with Crippen molar-refractivity contribution in [2.45, 2.75) is 52.7 Å². The first kappa shape index (κ1) is 29.0. The van der Waals surface area contributed by atoms with Crippen LogP contribution in [-0.4, -0.2) is 59.3 Å². The van der Waals surface area contributed by atoms with Gasteiger partial charge in [0.15, 0.2) is 5.78 Å². The van der Waals surface area contributed by atoms with E-state index in [0.717, 1.165) is 5.56 Å². The summed E-state index contributed by atoms with van der Waals surface area (Å²) in [4.78, 5) is 53.7. The van der Waals surface area contributed by atoms with Crippen molar-refractivity contribution in [1.82, 2.24) is 29.6 Å². The number of hydrogen-bond donors (Lipinski definition) is 1. The molecule has 42 heavy (non-hydrogen) atoms. The van der Waals surface area contributed by atoms with Crippen molar-refractivity contribution in [2.75, 3.05) is 5.32 Å². The molecule has 5 rings (SSSR count). The van der Waals surface area contributed by atoms with E-state index in [4.69, 9.17) is 6.42 Å². The predicted octanol–water partition coefficient (Wildman–Crippen LogP) is 4.49. The molecule has 0 bridgehead atoms. The number of terminal acetylenes is 1. The molecule has 1 fully saturated rings. The minimum absolute atomic E-state index is 0.107. The Morgan fingerprint density at radius 2 is 1.95 bits per heavy atom. The van der Waals surface area contributed by atoms with Crippen LogP contribution in [0.4, 0.5) is 10.2 Å². The lowest BCUT2D eigenvalue weighted by Crippen LogP contribution is -2.48. The van der Waals surface area contributed by atoms with E-state index in [1.165, 1.54) is 22.7 Å². The summed E-state index contributed by atoms with van der Waals surface area (Å²) >= 11 is 3.31. The maximum Gasteiger partial charge on any atom is 0.248 e. The molecule has 0 unspecified atom stereocenters. The summed E-state index contributed by atoms with van der Waals surface area (Å²) in [5, 5.41) is 7.64. The molecule has 3 atom stereocenters. The lowest BCUT2D eigenvalue weighted by molar-refractivity contribution is -0.138. The minimum Gasteiger partial charge on any atom is -0.315 e. The Balaban J connectivity index is 1.48. The van der Waals surface area contributed by atoms with Crippen molar-refractivity contribution >= 4 is 50.2 Å². The number of hydrogen-bond acceptors (Lipinski definition) is 7. The molecule has 214 valence electrons. The highest BCUT2D eigenvalue weighted by Gasteiger charge is 2.44. The number of likely N-dealkylation sites (tertiary alicyclic amines) is 1. The van der Waals surface area contributed by atoms with Crippen molar-refractivity contribution in [2.24, 2.45) is 5.92 Å². The monoisotopic (exact) mass is 631 g/mol. The third-order valence-corrected chi connectivity index (χ3v) is 7.80. The molecule has 1 aliphatic rings. The fraction of sp³-hybridized carbons (Fsp3) is 0.300. The van der Waals surface area contributed by atoms with Gasteiger partial charge in [-0.2, -0.15) is 9.49 Å². The van der Waals surface area contributed by atoms with E-state index in [1.54, 1.807) is 31.2 Å². The van der Waals surface area contributed by atoms with E-state index in [-0.39, 0.29) is 35.2 Å². The van der Waals surface area contributed by atoms with Gasteiger partial charge in [0.05, 0.1) is 29.0 Å². The van der Waals surface area contributed by atoms with Crippen LogP contribution >= 0.6 is 15.9 Å². The van der Waals surface area contributed by atoms with E-state index in [1.807, 2.05) is 19.9 Å². The molecule has 4 aromatic rings. The zero-order valence-corrected chi connectivity index (χ0v) is 24.9. The Kier molecular flexibility index (Phi) is 7.88. The second-order valence-electron chi connectivity index (χ2n) is 10.4. The Hall–Kier alpha value is -4.50. The predicted molar refractivity (Wildman–Crippen MR) is 158 cm³/mol. The molecule has 12 heteroatoms. The van der Waals surface area contributed by atoms with Crippen molar-refractivity contribution in [3.8, 4) is 23.6 Å². The van der Waals surface area contributed by atoms with Crippen LogP contribution in [0.1, 0.15) is 42.0 Å². The number of nitrogens with one attached hydrogen (secondary N) is 1. The number of carbonyl (C=O) groups is 3. The molecule has 0 aliphatic carbocycles. The highest BCUT2D eigenvalue weighted by atomic mass is 79.9. The van der Waals surface area contributed by atoms with Crippen LogP contribution in [0.2, 0.25) is 0 Å². The summed E-state index contributed by atoms with van der Waals surface area (Å²) in [5.74, 6) is 1.02. The highest BCUT2D eigenvalue weighted by Crippen LogP contribution is 2.32. The Labute approximate surface area is 249 Å². The van der Waals surface area contributed by atoms with Crippen molar-refractivity contribution in [1.29, 1.82) is 0 Å². The van der Waals surface area contributed by atoms with Gasteiger partial charge in [-0.05, 0) is 71.9 Å². The number of rotatable bonds is 6. The zero-order valence-electron chi connectivity index (χ0n) is 23.4. The number of carbonyl (C=O) groups excluding carboxylic acids is 3. The van der Waals surface area contributed by atoms with E-state index in [2.05, 4.69) is 47.2 Å². The summed E-state index contributed by atoms with van der Waals surface area (Å²) in [6, 6.07) is 6.90. The molecule has 2 amide bonds. The first-order chi connectivity index (χ1) is 20.0. The number of amides is 2.